The molecule has 0 bridgehead atoms. The maximum atomic E-state index is 11.6. The molecular formula is C12H18F16. The van der Waals surface area contributed by atoms with Crippen LogP contribution in [0.5, 0.6) is 0 Å². The summed E-state index contributed by atoms with van der Waals surface area (Å²) in [5.74, 6) is -1.87. The van der Waals surface area contributed by atoms with Gasteiger partial charge in [0.15, 0.2) is 6.67 Å². The third kappa shape index (κ3) is 86.2. The minimum atomic E-state index is -4.62. The zero-order chi connectivity index (χ0) is 24.2. The molecule has 0 saturated carbocycles. The Morgan fingerprint density at radius 1 is 0.607 bits per heavy atom. The normalized spacial score (nSPS) is 10.4. The first kappa shape index (κ1) is 41.1. The van der Waals surface area contributed by atoms with Crippen LogP contribution in [0.25, 0.3) is 0 Å². The molecule has 0 radical (unpaired) electrons. The second-order valence-electron chi connectivity index (χ2n) is 3.07. The second-order valence-corrected chi connectivity index (χ2v) is 3.07. The summed E-state index contributed by atoms with van der Waals surface area (Å²) in [6, 6.07) is 0. The van der Waals surface area contributed by atoms with Crippen LogP contribution in [0.2, 0.25) is 0 Å². The number of hydrogen-bond donors (Lipinski definition) is 0. The molecule has 0 aromatic carbocycles. The van der Waals surface area contributed by atoms with Crippen molar-refractivity contribution in [3.8, 4) is 0 Å². The van der Waals surface area contributed by atoms with Crippen LogP contribution in [-0.4, -0.2) is 53.4 Å². The van der Waals surface area contributed by atoms with Crippen LogP contribution >= 0.6 is 0 Å². The highest BCUT2D eigenvalue weighted by Gasteiger charge is 2.38. The fraction of sp³-hybridized carbons (Fsp3) is 0.833. The molecule has 1 unspecified atom stereocenters. The molecule has 178 valence electrons. The Hall–Kier alpha value is -1.38. The van der Waals surface area contributed by atoms with Crippen LogP contribution in [0.4, 0.5) is 70.2 Å². The number of halogens is 16. The molecule has 0 rings (SSSR count). The maximum absolute atomic E-state index is 11.6. The lowest BCUT2D eigenvalue weighted by atomic mass is 10.1. The van der Waals surface area contributed by atoms with Crippen LogP contribution in [0.3, 0.4) is 0 Å². The lowest BCUT2D eigenvalue weighted by molar-refractivity contribution is -0.177. The summed E-state index contributed by atoms with van der Waals surface area (Å²) in [5.41, 5.74) is 0. The molecule has 0 heterocycles. The van der Waals surface area contributed by atoms with E-state index in [4.69, 9.17) is 0 Å². The lowest BCUT2D eigenvalue weighted by Crippen LogP contribution is -2.23. The average molecular weight is 466 g/mol. The molecule has 0 saturated heterocycles. The Morgan fingerprint density at radius 3 is 0.857 bits per heavy atom. The number of alkyl halides is 16. The smallest absolute Gasteiger partial charge is 0.250 e. The van der Waals surface area contributed by atoms with E-state index in [-0.39, 0.29) is 6.42 Å². The van der Waals surface area contributed by atoms with Gasteiger partial charge in [-0.1, -0.05) is 6.08 Å². The topological polar surface area (TPSA) is 0 Å². The Bertz CT molecular complexity index is 231. The van der Waals surface area contributed by atoms with Crippen LogP contribution in [0.15, 0.2) is 12.7 Å². The highest BCUT2D eigenvalue weighted by atomic mass is 19.4. The zero-order valence-electron chi connectivity index (χ0n) is 13.9. The van der Waals surface area contributed by atoms with Gasteiger partial charge < -0.3 is 0 Å². The van der Waals surface area contributed by atoms with Gasteiger partial charge in [-0.25, -0.2) is 39.5 Å². The van der Waals surface area contributed by atoms with Crippen molar-refractivity contribution in [2.24, 2.45) is 5.92 Å². The van der Waals surface area contributed by atoms with E-state index in [1.54, 1.807) is 0 Å². The van der Waals surface area contributed by atoms with Gasteiger partial charge in [-0.3, -0.25) is 4.39 Å². The molecule has 0 aromatic heterocycles. The predicted molar refractivity (Wildman–Crippen MR) is 70.7 cm³/mol. The van der Waals surface area contributed by atoms with Crippen molar-refractivity contribution < 1.29 is 70.2 Å². The van der Waals surface area contributed by atoms with E-state index >= 15 is 0 Å². The second kappa shape index (κ2) is 33.2. The van der Waals surface area contributed by atoms with E-state index in [9.17, 15) is 70.2 Å². The average Bonchev–Trinajstić information content (AvgIpc) is 2.54. The van der Waals surface area contributed by atoms with Gasteiger partial charge in [0.1, 0.15) is 6.67 Å². The highest BCUT2D eigenvalue weighted by Crippen LogP contribution is 2.29. The minimum Gasteiger partial charge on any atom is -0.250 e. The summed E-state index contributed by atoms with van der Waals surface area (Å²) >= 11 is 0. The summed E-state index contributed by atoms with van der Waals surface area (Å²) in [6.07, 6.45) is -8.33. The molecule has 0 amide bonds. The fourth-order valence-corrected chi connectivity index (χ4v) is 0.485. The molecular weight excluding hydrogens is 448 g/mol. The Balaban J connectivity index is -0.0000000576. The molecule has 28 heavy (non-hydrogen) atoms. The van der Waals surface area contributed by atoms with Crippen LogP contribution in [-0.2, 0) is 0 Å². The standard InChI is InChI=1S/C6H8F4.C2H2F4.4CH2F2/c1-2-3-5(4-7)6(8,9)10;3-1-2(4,5)6;4*2-1-3/h2,5H,1,3-4H2;1H2;4*1H2. The maximum Gasteiger partial charge on any atom is 0.416 e. The SMILES string of the molecule is C=CCC(CF)C(F)(F)F.FCC(F)(F)F.FCF.FCF.FCF.FCF. The molecule has 16 heteroatoms. The monoisotopic (exact) mass is 466 g/mol. The predicted octanol–water partition coefficient (Wildman–Crippen LogP) is 7.76. The molecule has 0 nitrogen and oxygen atoms in total. The van der Waals surface area contributed by atoms with E-state index in [1.807, 2.05) is 0 Å². The van der Waals surface area contributed by atoms with Crippen molar-refractivity contribution in [2.45, 2.75) is 18.8 Å². The van der Waals surface area contributed by atoms with Gasteiger partial charge in [0, 0.05) is 0 Å². The van der Waals surface area contributed by atoms with Gasteiger partial charge in [0.05, 0.1) is 5.92 Å². The fourth-order valence-electron chi connectivity index (χ4n) is 0.485. The lowest BCUT2D eigenvalue weighted by Gasteiger charge is -2.13. The Labute approximate surface area is 150 Å². The molecule has 0 aliphatic carbocycles. The third-order valence-electron chi connectivity index (χ3n) is 1.25. The van der Waals surface area contributed by atoms with E-state index in [0.717, 1.165) is 6.08 Å². The Kier molecular flexibility index (Phi) is 48.8. The van der Waals surface area contributed by atoms with Gasteiger partial charge in [-0.15, -0.1) is 6.58 Å². The Morgan fingerprint density at radius 2 is 0.821 bits per heavy atom. The van der Waals surface area contributed by atoms with E-state index in [1.165, 1.54) is 0 Å². The minimum absolute atomic E-state index is 0.347. The van der Waals surface area contributed by atoms with Crippen LogP contribution in [0, 0.1) is 5.92 Å². The summed E-state index contributed by atoms with van der Waals surface area (Å²) in [4.78, 5) is 0. The summed E-state index contributed by atoms with van der Waals surface area (Å²) in [6.45, 7) is -7.50. The number of allylic oxidation sites excluding steroid dienone is 1. The largest absolute Gasteiger partial charge is 0.416 e. The zero-order valence-corrected chi connectivity index (χ0v) is 13.9. The van der Waals surface area contributed by atoms with Crippen molar-refractivity contribution in [1.29, 1.82) is 0 Å². The van der Waals surface area contributed by atoms with Gasteiger partial charge >= 0.3 is 12.4 Å². The molecule has 0 fully saturated rings. The molecule has 0 aliphatic rings. The number of rotatable bonds is 3. The van der Waals surface area contributed by atoms with E-state index in [2.05, 4.69) is 6.58 Å². The van der Waals surface area contributed by atoms with Crippen molar-refractivity contribution >= 4 is 0 Å². The molecule has 0 aliphatic heterocycles. The van der Waals surface area contributed by atoms with Gasteiger partial charge in [-0.05, 0) is 6.42 Å². The van der Waals surface area contributed by atoms with Gasteiger partial charge in [-0.2, -0.15) is 26.3 Å². The first-order chi connectivity index (χ1) is 12.7. The summed E-state index contributed by atoms with van der Waals surface area (Å²) < 4.78 is 165. The molecule has 0 spiro atoms. The van der Waals surface area contributed by atoms with Crippen LogP contribution in [0.1, 0.15) is 6.42 Å². The van der Waals surface area contributed by atoms with E-state index < -0.39 is 59.3 Å². The van der Waals surface area contributed by atoms with Crippen LogP contribution < -0.4 is 0 Å². The van der Waals surface area contributed by atoms with Gasteiger partial charge in [0.25, 0.3) is 0 Å². The molecule has 1 atom stereocenters. The number of hydrogen-bond acceptors (Lipinski definition) is 0. The third-order valence-corrected chi connectivity index (χ3v) is 1.25. The van der Waals surface area contributed by atoms with Crippen molar-refractivity contribution in [3.05, 3.63) is 12.7 Å². The van der Waals surface area contributed by atoms with E-state index in [0.29, 0.717) is 0 Å². The molecule has 0 aromatic rings. The van der Waals surface area contributed by atoms with Crippen molar-refractivity contribution in [1.82, 2.24) is 0 Å². The quantitative estimate of drug-likeness (QED) is 0.295. The highest BCUT2D eigenvalue weighted by molar-refractivity contribution is 4.77. The van der Waals surface area contributed by atoms with Crippen molar-refractivity contribution in [3.63, 3.8) is 0 Å². The first-order valence-electron chi connectivity index (χ1n) is 6.08. The van der Waals surface area contributed by atoms with Crippen molar-refractivity contribution in [2.75, 3.05) is 41.1 Å². The first-order valence-corrected chi connectivity index (χ1v) is 6.08. The summed E-state index contributed by atoms with van der Waals surface area (Å²) in [5, 5.41) is 0. The molecule has 0 N–H and O–H groups in total. The van der Waals surface area contributed by atoms with Gasteiger partial charge in [0.2, 0.25) is 27.7 Å². The summed E-state index contributed by atoms with van der Waals surface area (Å²) in [7, 11) is 0.